The predicted octanol–water partition coefficient (Wildman–Crippen LogP) is 3.61. The number of nitro groups is 1. The lowest BCUT2D eigenvalue weighted by Gasteiger charge is -2.09. The number of non-ortho nitro benzene ring substituents is 1. The summed E-state index contributed by atoms with van der Waals surface area (Å²) in [4.78, 5) is 34.2. The van der Waals surface area contributed by atoms with Gasteiger partial charge in [-0.2, -0.15) is 0 Å². The van der Waals surface area contributed by atoms with Crippen molar-refractivity contribution in [2.75, 3.05) is 10.0 Å². The Labute approximate surface area is 177 Å². The average Bonchev–Trinajstić information content (AvgIpc) is 2.74. The number of nitrogens with one attached hydrogen (secondary N) is 2. The van der Waals surface area contributed by atoms with Crippen LogP contribution in [-0.4, -0.2) is 25.0 Å². The number of nitrogens with zero attached hydrogens (tertiary/aromatic N) is 1. The highest BCUT2D eigenvalue weighted by Crippen LogP contribution is 2.21. The van der Waals surface area contributed by atoms with Crippen LogP contribution in [0.5, 0.6) is 0 Å². The van der Waals surface area contributed by atoms with Crippen LogP contribution >= 0.6 is 0 Å². The number of carbonyl (C=O) groups excluding carboxylic acids is 2. The van der Waals surface area contributed by atoms with Crippen LogP contribution in [0.25, 0.3) is 0 Å². The van der Waals surface area contributed by atoms with E-state index < -0.39 is 20.9 Å². The van der Waals surface area contributed by atoms with Gasteiger partial charge in [0.25, 0.3) is 15.7 Å². The van der Waals surface area contributed by atoms with Crippen molar-refractivity contribution in [1.82, 2.24) is 0 Å². The van der Waals surface area contributed by atoms with E-state index in [-0.39, 0.29) is 28.5 Å². The fraction of sp³-hybridized carbons (Fsp3) is 0.0476. The third-order valence-corrected chi connectivity index (χ3v) is 5.59. The molecule has 10 heteroatoms. The van der Waals surface area contributed by atoms with Crippen LogP contribution in [0.3, 0.4) is 0 Å². The second kappa shape index (κ2) is 9.18. The zero-order chi connectivity index (χ0) is 22.4. The van der Waals surface area contributed by atoms with Crippen molar-refractivity contribution in [3.63, 3.8) is 0 Å². The van der Waals surface area contributed by atoms with Crippen LogP contribution in [0.1, 0.15) is 16.8 Å². The molecule has 3 rings (SSSR count). The quantitative estimate of drug-likeness (QED) is 0.238. The molecule has 0 fully saturated rings. The molecule has 0 saturated heterocycles. The molecule has 0 radical (unpaired) electrons. The fourth-order valence-corrected chi connectivity index (χ4v) is 3.72. The smallest absolute Gasteiger partial charge is 0.269 e. The number of anilines is 2. The van der Waals surface area contributed by atoms with Gasteiger partial charge in [-0.25, -0.2) is 8.42 Å². The summed E-state index contributed by atoms with van der Waals surface area (Å²) in [5.41, 5.74) is 0.771. The van der Waals surface area contributed by atoms with Crippen molar-refractivity contribution >= 4 is 38.8 Å². The predicted molar refractivity (Wildman–Crippen MR) is 114 cm³/mol. The number of rotatable bonds is 8. The summed E-state index contributed by atoms with van der Waals surface area (Å²) in [6.45, 7) is 0. The number of ketones is 1. The molecule has 0 aliphatic carbocycles. The lowest BCUT2D eigenvalue weighted by atomic mass is 10.1. The van der Waals surface area contributed by atoms with Gasteiger partial charge in [-0.1, -0.05) is 30.3 Å². The summed E-state index contributed by atoms with van der Waals surface area (Å²) >= 11 is 0. The molecule has 3 aromatic carbocycles. The molecule has 2 N–H and O–H groups in total. The molecule has 158 valence electrons. The Morgan fingerprint density at radius 3 is 2.00 bits per heavy atom. The third-order valence-electron chi connectivity index (χ3n) is 4.20. The maximum Gasteiger partial charge on any atom is 0.269 e. The van der Waals surface area contributed by atoms with Gasteiger partial charge in [-0.15, -0.1) is 0 Å². The van der Waals surface area contributed by atoms with E-state index in [9.17, 15) is 28.1 Å². The molecule has 1 amide bonds. The molecule has 9 nitrogen and oxygen atoms in total. The van der Waals surface area contributed by atoms with Gasteiger partial charge in [0.15, 0.2) is 5.78 Å². The summed E-state index contributed by atoms with van der Waals surface area (Å²) in [6.07, 6.45) is -0.342. The Morgan fingerprint density at radius 2 is 1.42 bits per heavy atom. The number of Topliss-reactive ketones (excluding diaryl/α,β-unsaturated/α-hetero) is 1. The van der Waals surface area contributed by atoms with E-state index in [0.29, 0.717) is 11.3 Å². The average molecular weight is 439 g/mol. The number of hydrogen-bond donors (Lipinski definition) is 2. The van der Waals surface area contributed by atoms with Gasteiger partial charge in [0.05, 0.1) is 16.2 Å². The summed E-state index contributed by atoms with van der Waals surface area (Å²) in [5, 5.41) is 13.2. The summed E-state index contributed by atoms with van der Waals surface area (Å²) in [7, 11) is -3.93. The van der Waals surface area contributed by atoms with Gasteiger partial charge in [-0.05, 0) is 36.4 Å². The number of nitro benzene ring substituents is 1. The third kappa shape index (κ3) is 5.73. The van der Waals surface area contributed by atoms with E-state index in [0.717, 1.165) is 0 Å². The maximum atomic E-state index is 12.5. The molecular formula is C21H17N3O6S. The first-order valence-electron chi connectivity index (χ1n) is 9.00. The molecule has 3 aromatic rings. The number of hydrogen-bond acceptors (Lipinski definition) is 6. The Bertz CT molecular complexity index is 1210. The second-order valence-corrected chi connectivity index (χ2v) is 8.13. The standard InChI is InChI=1S/C21H17N3O6S/c25-20(15-4-2-1-3-5-15)14-21(26)22-16-8-12-19(13-9-16)31(29,30)23-17-6-10-18(11-7-17)24(27)28/h1-13,23H,14H2,(H,22,26). The van der Waals surface area contributed by atoms with Gasteiger partial charge in [0.2, 0.25) is 5.91 Å². The highest BCUT2D eigenvalue weighted by atomic mass is 32.2. The second-order valence-electron chi connectivity index (χ2n) is 6.45. The summed E-state index contributed by atoms with van der Waals surface area (Å²) < 4.78 is 27.3. The molecule has 0 bridgehead atoms. The maximum absolute atomic E-state index is 12.5. The van der Waals surface area contributed by atoms with Gasteiger partial charge in [-0.3, -0.25) is 24.4 Å². The Balaban J connectivity index is 1.62. The minimum Gasteiger partial charge on any atom is -0.326 e. The molecule has 0 saturated carbocycles. The molecule has 0 heterocycles. The van der Waals surface area contributed by atoms with Crippen molar-refractivity contribution < 1.29 is 22.9 Å². The highest BCUT2D eigenvalue weighted by Gasteiger charge is 2.16. The van der Waals surface area contributed by atoms with Gasteiger partial charge >= 0.3 is 0 Å². The molecule has 0 aromatic heterocycles. The van der Waals surface area contributed by atoms with Crippen LogP contribution in [0.2, 0.25) is 0 Å². The largest absolute Gasteiger partial charge is 0.326 e. The molecule has 0 aliphatic heterocycles. The minimum atomic E-state index is -3.93. The van der Waals surface area contributed by atoms with E-state index in [1.807, 2.05) is 0 Å². The number of amides is 1. The molecule has 0 spiro atoms. The first kappa shape index (κ1) is 21.7. The van der Waals surface area contributed by atoms with Crippen LogP contribution in [0, 0.1) is 10.1 Å². The van der Waals surface area contributed by atoms with Crippen molar-refractivity contribution in [3.05, 3.63) is 94.5 Å². The Morgan fingerprint density at radius 1 is 0.839 bits per heavy atom. The van der Waals surface area contributed by atoms with Crippen molar-refractivity contribution in [2.24, 2.45) is 0 Å². The van der Waals surface area contributed by atoms with E-state index in [1.54, 1.807) is 30.3 Å². The first-order chi connectivity index (χ1) is 14.7. The molecule has 31 heavy (non-hydrogen) atoms. The SMILES string of the molecule is O=C(CC(=O)c1ccccc1)Nc1ccc(S(=O)(=O)Nc2ccc([N+](=O)[O-])cc2)cc1. The van der Waals surface area contributed by atoms with Crippen molar-refractivity contribution in [2.45, 2.75) is 11.3 Å². The van der Waals surface area contributed by atoms with Crippen molar-refractivity contribution in [1.29, 1.82) is 0 Å². The zero-order valence-corrected chi connectivity index (χ0v) is 16.8. The lowest BCUT2D eigenvalue weighted by Crippen LogP contribution is -2.17. The molecular weight excluding hydrogens is 422 g/mol. The van der Waals surface area contributed by atoms with Crippen LogP contribution in [0.15, 0.2) is 83.8 Å². The van der Waals surface area contributed by atoms with E-state index in [1.165, 1.54) is 48.5 Å². The minimum absolute atomic E-state index is 0.0655. The number of sulfonamides is 1. The van der Waals surface area contributed by atoms with Gasteiger partial charge in [0, 0.05) is 29.1 Å². The van der Waals surface area contributed by atoms with Crippen LogP contribution in [0.4, 0.5) is 17.1 Å². The topological polar surface area (TPSA) is 135 Å². The van der Waals surface area contributed by atoms with Crippen LogP contribution < -0.4 is 10.0 Å². The highest BCUT2D eigenvalue weighted by molar-refractivity contribution is 7.92. The summed E-state index contributed by atoms with van der Waals surface area (Å²) in [5.74, 6) is -0.849. The van der Waals surface area contributed by atoms with Gasteiger partial charge in [0.1, 0.15) is 0 Å². The normalized spacial score (nSPS) is 10.8. The monoisotopic (exact) mass is 439 g/mol. The van der Waals surface area contributed by atoms with Gasteiger partial charge < -0.3 is 5.32 Å². The summed E-state index contributed by atoms with van der Waals surface area (Å²) in [6, 6.07) is 18.7. The zero-order valence-electron chi connectivity index (χ0n) is 16.0. The molecule has 0 aliphatic rings. The lowest BCUT2D eigenvalue weighted by molar-refractivity contribution is -0.384. The van der Waals surface area contributed by atoms with E-state index >= 15 is 0 Å². The molecule has 0 atom stereocenters. The van der Waals surface area contributed by atoms with E-state index in [4.69, 9.17) is 0 Å². The first-order valence-corrected chi connectivity index (χ1v) is 10.5. The van der Waals surface area contributed by atoms with Crippen molar-refractivity contribution in [3.8, 4) is 0 Å². The van der Waals surface area contributed by atoms with Crippen LogP contribution in [-0.2, 0) is 14.8 Å². The van der Waals surface area contributed by atoms with E-state index in [2.05, 4.69) is 10.0 Å². The number of carbonyl (C=O) groups is 2. The number of benzene rings is 3. The Hall–Kier alpha value is -4.05. The Kier molecular flexibility index (Phi) is 6.41. The molecule has 0 unspecified atom stereocenters. The fourth-order valence-electron chi connectivity index (χ4n) is 2.66.